The number of halogens is 3. The number of imidazole rings is 2. The number of carbonyl (C=O) groups excluding carboxylic acids is 1. The van der Waals surface area contributed by atoms with Crippen LogP contribution in [0.4, 0.5) is 19.1 Å². The standard InChI is InChI=1S/C31H25F3N6O/c1-39(16-20-6-3-2-4-7-20)17-21-10-13-28-35-27(19-40(28)18-21)29(41)38-30-36-25-12-11-23(15-26(25)37-30)22-8-5-9-24(14-22)31(32,33)34/h2-15,18-19H,16-17H2,1H3,(H2,36,37,38,41). The Morgan fingerprint density at radius 3 is 2.46 bits per heavy atom. The molecule has 0 aliphatic carbocycles. The van der Waals surface area contributed by atoms with Gasteiger partial charge in [0, 0.05) is 25.5 Å². The molecule has 7 nitrogen and oxygen atoms in total. The van der Waals surface area contributed by atoms with Crippen molar-refractivity contribution in [3.63, 3.8) is 0 Å². The Labute approximate surface area is 233 Å². The maximum Gasteiger partial charge on any atom is 0.416 e. The van der Waals surface area contributed by atoms with E-state index in [4.69, 9.17) is 0 Å². The second-order valence-corrected chi connectivity index (χ2v) is 9.94. The molecule has 3 aromatic carbocycles. The number of fused-ring (bicyclic) bond motifs is 2. The van der Waals surface area contributed by atoms with Crippen LogP contribution in [0.3, 0.4) is 0 Å². The van der Waals surface area contributed by atoms with Crippen LogP contribution in [0.1, 0.15) is 27.2 Å². The number of H-pyrrole nitrogens is 1. The molecule has 6 rings (SSSR count). The van der Waals surface area contributed by atoms with Crippen LogP contribution >= 0.6 is 0 Å². The van der Waals surface area contributed by atoms with Crippen LogP contribution in [-0.2, 0) is 19.3 Å². The second kappa shape index (κ2) is 10.5. The van der Waals surface area contributed by atoms with Crippen molar-refractivity contribution in [3.8, 4) is 11.1 Å². The summed E-state index contributed by atoms with van der Waals surface area (Å²) in [7, 11) is 2.06. The van der Waals surface area contributed by atoms with Crippen LogP contribution in [0.5, 0.6) is 0 Å². The molecule has 0 fully saturated rings. The summed E-state index contributed by atoms with van der Waals surface area (Å²) in [6, 6.07) is 24.3. The lowest BCUT2D eigenvalue weighted by atomic mass is 10.0. The van der Waals surface area contributed by atoms with Gasteiger partial charge in [-0.3, -0.25) is 15.0 Å². The van der Waals surface area contributed by atoms with E-state index < -0.39 is 17.6 Å². The highest BCUT2D eigenvalue weighted by atomic mass is 19.4. The van der Waals surface area contributed by atoms with Crippen LogP contribution in [0.15, 0.2) is 97.3 Å². The fourth-order valence-corrected chi connectivity index (χ4v) is 4.79. The van der Waals surface area contributed by atoms with Gasteiger partial charge in [-0.2, -0.15) is 13.2 Å². The van der Waals surface area contributed by atoms with Crippen LogP contribution in [0.25, 0.3) is 27.8 Å². The summed E-state index contributed by atoms with van der Waals surface area (Å²) in [4.78, 5) is 27.1. The molecule has 0 bridgehead atoms. The summed E-state index contributed by atoms with van der Waals surface area (Å²) in [6.07, 6.45) is -0.807. The quantitative estimate of drug-likeness (QED) is 0.228. The Morgan fingerprint density at radius 2 is 1.66 bits per heavy atom. The van der Waals surface area contributed by atoms with Gasteiger partial charge in [-0.25, -0.2) is 9.97 Å². The molecule has 3 heterocycles. The first-order valence-electron chi connectivity index (χ1n) is 12.9. The lowest BCUT2D eigenvalue weighted by molar-refractivity contribution is -0.137. The molecule has 0 aliphatic heterocycles. The van der Waals surface area contributed by atoms with Crippen molar-refractivity contribution >= 4 is 28.5 Å². The van der Waals surface area contributed by atoms with E-state index >= 15 is 0 Å². The number of carbonyl (C=O) groups is 1. The fraction of sp³-hybridized carbons (Fsp3) is 0.129. The smallest absolute Gasteiger partial charge is 0.324 e. The number of hydrogen-bond acceptors (Lipinski definition) is 4. The molecule has 3 aromatic heterocycles. The number of nitrogens with zero attached hydrogens (tertiary/aromatic N) is 4. The highest BCUT2D eigenvalue weighted by Crippen LogP contribution is 2.33. The van der Waals surface area contributed by atoms with Gasteiger partial charge in [0.1, 0.15) is 11.3 Å². The van der Waals surface area contributed by atoms with E-state index in [9.17, 15) is 18.0 Å². The monoisotopic (exact) mass is 554 g/mol. The zero-order chi connectivity index (χ0) is 28.6. The third-order valence-corrected chi connectivity index (χ3v) is 6.73. The molecule has 0 atom stereocenters. The number of aromatic nitrogens is 4. The summed E-state index contributed by atoms with van der Waals surface area (Å²) in [6.45, 7) is 1.54. The van der Waals surface area contributed by atoms with Gasteiger partial charge in [-0.15, -0.1) is 0 Å². The van der Waals surface area contributed by atoms with Crippen molar-refractivity contribution < 1.29 is 18.0 Å². The Bertz CT molecular complexity index is 1860. The molecule has 1 amide bonds. The van der Waals surface area contributed by atoms with E-state index in [-0.39, 0.29) is 11.6 Å². The van der Waals surface area contributed by atoms with Gasteiger partial charge in [0.05, 0.1) is 16.6 Å². The largest absolute Gasteiger partial charge is 0.416 e. The van der Waals surface area contributed by atoms with Crippen molar-refractivity contribution in [2.75, 3.05) is 12.4 Å². The summed E-state index contributed by atoms with van der Waals surface area (Å²) in [5, 5.41) is 2.73. The van der Waals surface area contributed by atoms with Crippen molar-refractivity contribution in [1.82, 2.24) is 24.3 Å². The molecule has 2 N–H and O–H groups in total. The average Bonchev–Trinajstić information content (AvgIpc) is 3.56. The minimum absolute atomic E-state index is 0.214. The number of alkyl halides is 3. The van der Waals surface area contributed by atoms with E-state index in [2.05, 4.69) is 44.3 Å². The minimum atomic E-state index is -4.43. The first-order valence-corrected chi connectivity index (χ1v) is 12.9. The zero-order valence-corrected chi connectivity index (χ0v) is 22.0. The van der Waals surface area contributed by atoms with E-state index in [0.717, 1.165) is 30.8 Å². The fourth-order valence-electron chi connectivity index (χ4n) is 4.79. The number of benzene rings is 3. The van der Waals surface area contributed by atoms with E-state index in [0.29, 0.717) is 27.8 Å². The summed E-state index contributed by atoms with van der Waals surface area (Å²) in [5.41, 5.74) is 4.60. The molecule has 0 saturated heterocycles. The van der Waals surface area contributed by atoms with Crippen molar-refractivity contribution in [2.24, 2.45) is 0 Å². The Kier molecular flexibility index (Phi) is 6.76. The Morgan fingerprint density at radius 1 is 0.878 bits per heavy atom. The Balaban J connectivity index is 1.16. The average molecular weight is 555 g/mol. The first kappa shape index (κ1) is 26.3. The molecule has 206 valence electrons. The van der Waals surface area contributed by atoms with Crippen molar-refractivity contribution in [1.29, 1.82) is 0 Å². The predicted molar refractivity (Wildman–Crippen MR) is 151 cm³/mol. The van der Waals surface area contributed by atoms with Gasteiger partial charge < -0.3 is 9.38 Å². The lowest BCUT2D eigenvalue weighted by Gasteiger charge is -2.16. The zero-order valence-electron chi connectivity index (χ0n) is 22.0. The molecule has 0 radical (unpaired) electrons. The molecule has 0 unspecified atom stereocenters. The second-order valence-electron chi connectivity index (χ2n) is 9.94. The van der Waals surface area contributed by atoms with Gasteiger partial charge in [0.25, 0.3) is 5.91 Å². The highest BCUT2D eigenvalue weighted by molar-refractivity contribution is 6.03. The number of pyridine rings is 1. The number of aromatic amines is 1. The maximum absolute atomic E-state index is 13.1. The summed E-state index contributed by atoms with van der Waals surface area (Å²) >= 11 is 0. The van der Waals surface area contributed by atoms with E-state index in [1.54, 1.807) is 30.5 Å². The lowest BCUT2D eigenvalue weighted by Crippen LogP contribution is -2.17. The molecule has 0 saturated carbocycles. The van der Waals surface area contributed by atoms with Gasteiger partial charge in [0.2, 0.25) is 5.95 Å². The molecule has 0 aliphatic rings. The van der Waals surface area contributed by atoms with Crippen LogP contribution in [0, 0.1) is 0 Å². The number of rotatable bonds is 7. The number of amides is 1. The molecule has 41 heavy (non-hydrogen) atoms. The molecule has 6 aromatic rings. The van der Waals surface area contributed by atoms with E-state index in [1.807, 2.05) is 40.9 Å². The van der Waals surface area contributed by atoms with Crippen molar-refractivity contribution in [2.45, 2.75) is 19.3 Å². The molecule has 10 heteroatoms. The number of hydrogen-bond donors (Lipinski definition) is 2. The number of nitrogens with one attached hydrogen (secondary N) is 2. The van der Waals surface area contributed by atoms with Gasteiger partial charge in [-0.05, 0) is 59.6 Å². The van der Waals surface area contributed by atoms with Crippen LogP contribution in [-0.4, -0.2) is 37.2 Å². The van der Waals surface area contributed by atoms with Crippen LogP contribution in [0.2, 0.25) is 0 Å². The number of anilines is 1. The van der Waals surface area contributed by atoms with Gasteiger partial charge in [-0.1, -0.05) is 54.6 Å². The third kappa shape index (κ3) is 5.82. The van der Waals surface area contributed by atoms with Crippen molar-refractivity contribution in [3.05, 3.63) is 120 Å². The van der Waals surface area contributed by atoms with Gasteiger partial charge >= 0.3 is 6.18 Å². The Hall–Kier alpha value is -4.96. The van der Waals surface area contributed by atoms with Gasteiger partial charge in [0.15, 0.2) is 0 Å². The predicted octanol–water partition coefficient (Wildman–Crippen LogP) is 6.78. The normalized spacial score (nSPS) is 11.9. The summed E-state index contributed by atoms with van der Waals surface area (Å²) < 4.78 is 41.3. The highest BCUT2D eigenvalue weighted by Gasteiger charge is 2.30. The molecular weight excluding hydrogens is 529 g/mol. The SMILES string of the molecule is CN(Cc1ccccc1)Cc1ccc2nc(C(=O)Nc3nc4cc(-c5cccc(C(F)(F)F)c5)ccc4[nH]3)cn2c1. The van der Waals surface area contributed by atoms with E-state index in [1.165, 1.54) is 11.6 Å². The topological polar surface area (TPSA) is 78.3 Å². The summed E-state index contributed by atoms with van der Waals surface area (Å²) in [5.74, 6) is -0.222. The third-order valence-electron chi connectivity index (χ3n) is 6.73. The maximum atomic E-state index is 13.1. The first-order chi connectivity index (χ1) is 19.7. The molecular formula is C31H25F3N6O. The van der Waals surface area contributed by atoms with Crippen LogP contribution < -0.4 is 5.32 Å². The molecule has 0 spiro atoms. The minimum Gasteiger partial charge on any atom is -0.324 e.